The standard InChI is InChI=1S/C13H15N3/c1-3-10-5-6-12-11(9-10)15-13(7-8-14)16(12)4-2/h5-6,9H,3-4,7H2,1-2H3. The molecule has 0 unspecified atom stereocenters. The molecule has 0 N–H and O–H groups in total. The highest BCUT2D eigenvalue weighted by Gasteiger charge is 2.08. The van der Waals surface area contributed by atoms with Crippen molar-refractivity contribution in [1.82, 2.24) is 9.55 Å². The van der Waals surface area contributed by atoms with Gasteiger partial charge in [0.15, 0.2) is 0 Å². The van der Waals surface area contributed by atoms with Crippen molar-refractivity contribution < 1.29 is 0 Å². The van der Waals surface area contributed by atoms with Gasteiger partial charge in [0, 0.05) is 6.54 Å². The molecule has 0 atom stereocenters. The zero-order valence-electron chi connectivity index (χ0n) is 9.70. The molecular weight excluding hydrogens is 198 g/mol. The number of hydrogen-bond donors (Lipinski definition) is 0. The molecule has 0 saturated carbocycles. The minimum atomic E-state index is 0.379. The van der Waals surface area contributed by atoms with E-state index in [9.17, 15) is 0 Å². The fourth-order valence-corrected chi connectivity index (χ4v) is 2.00. The number of imidazole rings is 1. The predicted octanol–water partition coefficient (Wildman–Crippen LogP) is 2.68. The number of nitriles is 1. The Labute approximate surface area is 95.3 Å². The number of rotatable bonds is 3. The lowest BCUT2D eigenvalue weighted by Crippen LogP contribution is -2.00. The number of aryl methyl sites for hydroxylation is 2. The van der Waals surface area contributed by atoms with Gasteiger partial charge < -0.3 is 4.57 Å². The van der Waals surface area contributed by atoms with Crippen LogP contribution in [-0.4, -0.2) is 9.55 Å². The van der Waals surface area contributed by atoms with Gasteiger partial charge in [-0.1, -0.05) is 13.0 Å². The average molecular weight is 213 g/mol. The molecule has 0 radical (unpaired) electrons. The largest absolute Gasteiger partial charge is 0.327 e. The van der Waals surface area contributed by atoms with Gasteiger partial charge in [-0.3, -0.25) is 0 Å². The van der Waals surface area contributed by atoms with Gasteiger partial charge in [0.05, 0.1) is 23.5 Å². The molecule has 2 aromatic rings. The molecule has 0 amide bonds. The van der Waals surface area contributed by atoms with E-state index in [1.165, 1.54) is 5.56 Å². The molecule has 1 heterocycles. The highest BCUT2D eigenvalue weighted by molar-refractivity contribution is 5.77. The van der Waals surface area contributed by atoms with Gasteiger partial charge in [0.2, 0.25) is 0 Å². The molecule has 3 nitrogen and oxygen atoms in total. The highest BCUT2D eigenvalue weighted by atomic mass is 15.1. The highest BCUT2D eigenvalue weighted by Crippen LogP contribution is 2.18. The fraction of sp³-hybridized carbons (Fsp3) is 0.385. The molecule has 0 spiro atoms. The lowest BCUT2D eigenvalue weighted by atomic mass is 10.1. The van der Waals surface area contributed by atoms with E-state index in [-0.39, 0.29) is 0 Å². The van der Waals surface area contributed by atoms with Crippen LogP contribution in [0.4, 0.5) is 0 Å². The summed E-state index contributed by atoms with van der Waals surface area (Å²) in [6.45, 7) is 5.07. The van der Waals surface area contributed by atoms with Crippen LogP contribution in [0.25, 0.3) is 11.0 Å². The number of benzene rings is 1. The molecule has 0 saturated heterocycles. The summed E-state index contributed by atoms with van der Waals surface area (Å²) in [7, 11) is 0. The molecule has 0 fully saturated rings. The first kappa shape index (κ1) is 10.7. The zero-order chi connectivity index (χ0) is 11.5. The summed E-state index contributed by atoms with van der Waals surface area (Å²) in [5, 5.41) is 8.76. The summed E-state index contributed by atoms with van der Waals surface area (Å²) in [4.78, 5) is 4.52. The van der Waals surface area contributed by atoms with Crippen LogP contribution in [0.1, 0.15) is 25.2 Å². The van der Waals surface area contributed by atoms with Crippen LogP contribution >= 0.6 is 0 Å². The van der Waals surface area contributed by atoms with Gasteiger partial charge in [-0.15, -0.1) is 0 Å². The maximum absolute atomic E-state index is 8.76. The normalized spacial score (nSPS) is 10.6. The number of aromatic nitrogens is 2. The van der Waals surface area contributed by atoms with E-state index in [2.05, 4.69) is 47.7 Å². The number of fused-ring (bicyclic) bond motifs is 1. The fourth-order valence-electron chi connectivity index (χ4n) is 2.00. The van der Waals surface area contributed by atoms with Gasteiger partial charge >= 0.3 is 0 Å². The van der Waals surface area contributed by atoms with Crippen molar-refractivity contribution in [3.63, 3.8) is 0 Å². The molecule has 16 heavy (non-hydrogen) atoms. The Hall–Kier alpha value is -1.82. The molecule has 0 aliphatic carbocycles. The van der Waals surface area contributed by atoms with Crippen LogP contribution in [0, 0.1) is 11.3 Å². The smallest absolute Gasteiger partial charge is 0.124 e. The van der Waals surface area contributed by atoms with Crippen molar-refractivity contribution in [2.45, 2.75) is 33.2 Å². The van der Waals surface area contributed by atoms with E-state index < -0.39 is 0 Å². The summed E-state index contributed by atoms with van der Waals surface area (Å²) in [6.07, 6.45) is 1.40. The predicted molar refractivity (Wildman–Crippen MR) is 64.1 cm³/mol. The van der Waals surface area contributed by atoms with Gasteiger partial charge in [-0.25, -0.2) is 4.98 Å². The van der Waals surface area contributed by atoms with Crippen molar-refractivity contribution in [2.75, 3.05) is 0 Å². The summed E-state index contributed by atoms with van der Waals surface area (Å²) in [6, 6.07) is 8.51. The molecule has 0 aliphatic heterocycles. The van der Waals surface area contributed by atoms with Crippen molar-refractivity contribution >= 4 is 11.0 Å². The van der Waals surface area contributed by atoms with E-state index >= 15 is 0 Å². The van der Waals surface area contributed by atoms with Crippen LogP contribution in [-0.2, 0) is 19.4 Å². The third-order valence-corrected chi connectivity index (χ3v) is 2.85. The summed E-state index contributed by atoms with van der Waals surface area (Å²) in [5.74, 6) is 0.869. The third kappa shape index (κ3) is 1.67. The SMILES string of the molecule is CCc1ccc2c(c1)nc(CC#N)n2CC. The van der Waals surface area contributed by atoms with Crippen LogP contribution in [0.5, 0.6) is 0 Å². The second-order valence-electron chi connectivity index (χ2n) is 3.78. The molecule has 2 rings (SSSR count). The van der Waals surface area contributed by atoms with Crippen molar-refractivity contribution in [2.24, 2.45) is 0 Å². The molecule has 3 heteroatoms. The summed E-state index contributed by atoms with van der Waals surface area (Å²) < 4.78 is 2.11. The van der Waals surface area contributed by atoms with Gasteiger partial charge in [-0.2, -0.15) is 5.26 Å². The summed E-state index contributed by atoms with van der Waals surface area (Å²) in [5.41, 5.74) is 3.42. The van der Waals surface area contributed by atoms with E-state index in [1.54, 1.807) is 0 Å². The first-order valence-corrected chi connectivity index (χ1v) is 5.65. The lowest BCUT2D eigenvalue weighted by molar-refractivity contribution is 0.739. The summed E-state index contributed by atoms with van der Waals surface area (Å²) >= 11 is 0. The van der Waals surface area contributed by atoms with Crippen LogP contribution in [0.2, 0.25) is 0 Å². The number of nitrogens with zero attached hydrogens (tertiary/aromatic N) is 3. The first-order valence-electron chi connectivity index (χ1n) is 5.65. The van der Waals surface area contributed by atoms with E-state index in [4.69, 9.17) is 5.26 Å². The second kappa shape index (κ2) is 4.36. The Bertz CT molecular complexity index is 546. The maximum Gasteiger partial charge on any atom is 0.124 e. The Kier molecular flexibility index (Phi) is 2.91. The quantitative estimate of drug-likeness (QED) is 0.786. The van der Waals surface area contributed by atoms with E-state index in [0.29, 0.717) is 6.42 Å². The topological polar surface area (TPSA) is 41.6 Å². The molecule has 1 aromatic heterocycles. The molecule has 0 aliphatic rings. The monoisotopic (exact) mass is 213 g/mol. The van der Waals surface area contributed by atoms with Crippen LogP contribution in [0.15, 0.2) is 18.2 Å². The first-order chi connectivity index (χ1) is 7.80. The van der Waals surface area contributed by atoms with E-state index in [0.717, 1.165) is 29.8 Å². The van der Waals surface area contributed by atoms with Crippen molar-refractivity contribution in [3.8, 4) is 6.07 Å². The van der Waals surface area contributed by atoms with Crippen LogP contribution < -0.4 is 0 Å². The van der Waals surface area contributed by atoms with Gasteiger partial charge in [0.25, 0.3) is 0 Å². The van der Waals surface area contributed by atoms with Gasteiger partial charge in [0.1, 0.15) is 5.82 Å². The van der Waals surface area contributed by atoms with Crippen molar-refractivity contribution in [1.29, 1.82) is 5.26 Å². The Morgan fingerprint density at radius 1 is 1.38 bits per heavy atom. The number of hydrogen-bond acceptors (Lipinski definition) is 2. The molecule has 1 aromatic carbocycles. The van der Waals surface area contributed by atoms with Crippen LogP contribution in [0.3, 0.4) is 0 Å². The average Bonchev–Trinajstić information content (AvgIpc) is 2.65. The van der Waals surface area contributed by atoms with Crippen molar-refractivity contribution in [3.05, 3.63) is 29.6 Å². The zero-order valence-corrected chi connectivity index (χ0v) is 9.70. The lowest BCUT2D eigenvalue weighted by Gasteiger charge is -2.02. The third-order valence-electron chi connectivity index (χ3n) is 2.85. The minimum absolute atomic E-state index is 0.379. The molecule has 82 valence electrons. The molecular formula is C13H15N3. The van der Waals surface area contributed by atoms with E-state index in [1.807, 2.05) is 0 Å². The Morgan fingerprint density at radius 2 is 2.19 bits per heavy atom. The molecule has 0 bridgehead atoms. The Morgan fingerprint density at radius 3 is 2.81 bits per heavy atom. The Balaban J connectivity index is 2.62. The van der Waals surface area contributed by atoms with Gasteiger partial charge in [-0.05, 0) is 31.0 Å². The second-order valence-corrected chi connectivity index (χ2v) is 3.78. The maximum atomic E-state index is 8.76. The minimum Gasteiger partial charge on any atom is -0.327 e.